The fourth-order valence-corrected chi connectivity index (χ4v) is 9.79. The largest absolute Gasteiger partial charge is 0.497 e. The van der Waals surface area contributed by atoms with Crippen LogP contribution >= 0.6 is 0 Å². The monoisotopic (exact) mass is 833 g/mol. The maximum Gasteiger partial charge on any atom is 0.307 e. The second-order valence-electron chi connectivity index (χ2n) is 17.6. The lowest BCUT2D eigenvalue weighted by Gasteiger charge is -2.34. The minimum atomic E-state index is -4.39. The van der Waals surface area contributed by atoms with E-state index in [9.17, 15) is 40.8 Å². The Morgan fingerprint density at radius 2 is 1.81 bits per heavy atom. The number of alkyl halides is 3. The molecule has 2 amide bonds. The second-order valence-corrected chi connectivity index (χ2v) is 19.6. The van der Waals surface area contributed by atoms with E-state index >= 15 is 0 Å². The number of carbonyl (C=O) groups is 4. The number of hydrogen-bond donors (Lipinski definition) is 1. The van der Waals surface area contributed by atoms with E-state index in [0.29, 0.717) is 37.3 Å². The molecule has 0 unspecified atom stereocenters. The Kier molecular flexibility index (Phi) is 12.0. The molecule has 2 aliphatic heterocycles. The van der Waals surface area contributed by atoms with Crippen LogP contribution in [0, 0.1) is 29.1 Å². The van der Waals surface area contributed by atoms with Gasteiger partial charge in [-0.15, -0.1) is 0 Å². The van der Waals surface area contributed by atoms with Crippen molar-refractivity contribution in [3.05, 3.63) is 42.6 Å². The van der Waals surface area contributed by atoms with Crippen molar-refractivity contribution in [1.82, 2.24) is 14.6 Å². The van der Waals surface area contributed by atoms with Crippen LogP contribution in [-0.2, 0) is 33.9 Å². The van der Waals surface area contributed by atoms with Crippen molar-refractivity contribution in [2.24, 2.45) is 29.1 Å². The van der Waals surface area contributed by atoms with Gasteiger partial charge in [0.05, 0.1) is 37.5 Å². The smallest absolute Gasteiger partial charge is 0.307 e. The number of pyridine rings is 1. The van der Waals surface area contributed by atoms with E-state index in [2.05, 4.69) is 9.71 Å². The average Bonchev–Trinajstić information content (AvgIpc) is 4.05. The molecule has 0 bridgehead atoms. The van der Waals surface area contributed by atoms with Gasteiger partial charge in [-0.3, -0.25) is 23.9 Å². The van der Waals surface area contributed by atoms with Gasteiger partial charge >= 0.3 is 5.97 Å². The second kappa shape index (κ2) is 16.1. The summed E-state index contributed by atoms with van der Waals surface area (Å²) in [5.74, 6) is -7.45. The number of benzene rings is 1. The van der Waals surface area contributed by atoms with Gasteiger partial charge in [-0.05, 0) is 99.8 Å². The minimum absolute atomic E-state index is 0.0166. The van der Waals surface area contributed by atoms with Gasteiger partial charge in [0.2, 0.25) is 27.7 Å². The van der Waals surface area contributed by atoms with Crippen molar-refractivity contribution in [3.63, 3.8) is 0 Å². The number of Topliss-reactive ketones (excluding diaryl/α,β-unsaturated/α-hetero) is 1. The fourth-order valence-electron chi connectivity index (χ4n) is 8.34. The molecule has 12 nitrogen and oxygen atoms in total. The number of ether oxygens (including phenoxy) is 3. The highest BCUT2D eigenvalue weighted by atomic mass is 32.2. The number of ketones is 1. The Hall–Kier alpha value is -4.21. The molecule has 7 atom stereocenters. The molecule has 4 aliphatic rings. The first-order valence-electron chi connectivity index (χ1n) is 20.0. The van der Waals surface area contributed by atoms with Crippen molar-refractivity contribution in [2.75, 3.05) is 20.3 Å². The normalized spacial score (nSPS) is 29.6. The van der Waals surface area contributed by atoms with Crippen LogP contribution in [0.15, 0.2) is 42.6 Å². The summed E-state index contributed by atoms with van der Waals surface area (Å²) in [5, 5.41) is 1.41. The van der Waals surface area contributed by atoms with E-state index in [1.165, 1.54) is 4.90 Å². The molecule has 1 aromatic heterocycles. The number of amides is 2. The maximum absolute atomic E-state index is 14.9. The van der Waals surface area contributed by atoms with Gasteiger partial charge < -0.3 is 19.1 Å². The van der Waals surface area contributed by atoms with Gasteiger partial charge in [0.1, 0.15) is 23.3 Å². The van der Waals surface area contributed by atoms with Crippen LogP contribution in [0.25, 0.3) is 10.8 Å². The number of methoxy groups -OCH3 is 1. The fraction of sp³-hybridized carbons (Fsp3) is 0.643. The summed E-state index contributed by atoms with van der Waals surface area (Å²) in [6.07, 6.45) is 5.60. The summed E-state index contributed by atoms with van der Waals surface area (Å²) in [5.41, 5.74) is -3.63. The molecule has 0 radical (unpaired) electrons. The Labute approximate surface area is 337 Å². The number of esters is 1. The molecule has 2 aromatic rings. The number of sulfonamides is 1. The molecule has 16 heteroatoms. The molecular formula is C42H54F3N3O9S. The van der Waals surface area contributed by atoms with Gasteiger partial charge in [-0.1, -0.05) is 26.0 Å². The first-order chi connectivity index (χ1) is 27.2. The number of hydrogen-bond acceptors (Lipinski definition) is 10. The summed E-state index contributed by atoms with van der Waals surface area (Å²) in [7, 11) is -2.85. The van der Waals surface area contributed by atoms with Gasteiger partial charge in [0.25, 0.3) is 5.92 Å². The number of fused-ring (bicyclic) bond motifs is 3. The van der Waals surface area contributed by atoms with Crippen molar-refractivity contribution in [1.29, 1.82) is 0 Å². The third-order valence-electron chi connectivity index (χ3n) is 12.8. The zero-order valence-electron chi connectivity index (χ0n) is 33.9. The third-order valence-corrected chi connectivity index (χ3v) is 15.0. The Balaban J connectivity index is 1.35. The van der Waals surface area contributed by atoms with Crippen molar-refractivity contribution >= 4 is 44.4 Å². The Morgan fingerprint density at radius 3 is 2.47 bits per heavy atom. The predicted octanol–water partition coefficient (Wildman–Crippen LogP) is 6.50. The van der Waals surface area contributed by atoms with Gasteiger partial charge in [0.15, 0.2) is 11.4 Å². The number of carbonyl (C=O) groups excluding carboxylic acids is 4. The summed E-state index contributed by atoms with van der Waals surface area (Å²) >= 11 is 0. The van der Waals surface area contributed by atoms with Gasteiger partial charge in [-0.2, -0.15) is 0 Å². The zero-order valence-corrected chi connectivity index (χ0v) is 34.7. The van der Waals surface area contributed by atoms with Crippen LogP contribution in [0.1, 0.15) is 92.4 Å². The first kappa shape index (κ1) is 43.4. The molecule has 3 heterocycles. The molecule has 58 heavy (non-hydrogen) atoms. The van der Waals surface area contributed by atoms with Crippen LogP contribution in [0.2, 0.25) is 0 Å². The van der Waals surface area contributed by atoms with Crippen LogP contribution in [0.5, 0.6) is 11.6 Å². The topological polar surface area (TPSA) is 158 Å². The highest BCUT2D eigenvalue weighted by Crippen LogP contribution is 2.58. The summed E-state index contributed by atoms with van der Waals surface area (Å²) in [6, 6.07) is 5.94. The quantitative estimate of drug-likeness (QED) is 0.196. The molecule has 1 N–H and O–H groups in total. The Morgan fingerprint density at radius 1 is 1.09 bits per heavy atom. The molecule has 0 spiro atoms. The lowest BCUT2D eigenvalue weighted by molar-refractivity contribution is -0.197. The predicted molar refractivity (Wildman–Crippen MR) is 208 cm³/mol. The lowest BCUT2D eigenvalue weighted by atomic mass is 9.82. The van der Waals surface area contributed by atoms with E-state index in [1.807, 2.05) is 26.0 Å². The molecule has 1 aromatic carbocycles. The number of aromatic nitrogens is 1. The van der Waals surface area contributed by atoms with Crippen molar-refractivity contribution < 1.29 is 55.0 Å². The van der Waals surface area contributed by atoms with Crippen LogP contribution in [0.4, 0.5) is 13.2 Å². The molecule has 3 fully saturated rings. The van der Waals surface area contributed by atoms with Gasteiger partial charge in [0, 0.05) is 31.3 Å². The zero-order chi connectivity index (χ0) is 42.4. The standard InChI is InChI=1S/C42H54F3N3O9S/c1-25-9-7-8-10-28-21-42(28,38(52)47-58(53,54)41(24-43)14-15-41)22-34(49)33-19-30(56-36-31-12-11-29(55-6)18-27(31)13-16-46-36)23-48(33)37(51)32(26(2)17-25)20-35(50)57-39(3,4)40(5,44)45/h8,10-13,16,18,25-26,28,30,32-33H,7,9,14-15,17,19-24H2,1-6H3,(H,47,52)/b10-8-/t25-,26-,28-,30-,32+,33+,42-/m1/s1. The Bertz CT molecular complexity index is 2070. The van der Waals surface area contributed by atoms with E-state index in [0.717, 1.165) is 19.2 Å². The highest BCUT2D eigenvalue weighted by molar-refractivity contribution is 7.91. The number of rotatable bonds is 11. The van der Waals surface area contributed by atoms with E-state index in [1.54, 1.807) is 37.6 Å². The lowest BCUT2D eigenvalue weighted by Crippen LogP contribution is -2.49. The van der Waals surface area contributed by atoms with Crippen molar-refractivity contribution in [2.45, 2.75) is 121 Å². The van der Waals surface area contributed by atoms with Crippen molar-refractivity contribution in [3.8, 4) is 11.6 Å². The maximum atomic E-state index is 14.9. The molecule has 2 saturated carbocycles. The molecular weight excluding hydrogens is 780 g/mol. The van der Waals surface area contributed by atoms with E-state index in [4.69, 9.17) is 14.2 Å². The van der Waals surface area contributed by atoms with Crippen LogP contribution in [0.3, 0.4) is 0 Å². The number of nitrogens with zero attached hydrogens (tertiary/aromatic N) is 2. The number of halogens is 3. The molecule has 6 rings (SSSR count). The first-order valence-corrected chi connectivity index (χ1v) is 21.5. The van der Waals surface area contributed by atoms with Gasteiger partial charge in [-0.25, -0.2) is 26.6 Å². The minimum Gasteiger partial charge on any atom is -0.497 e. The highest BCUT2D eigenvalue weighted by Gasteiger charge is 2.63. The number of allylic oxidation sites excluding steroid dienone is 2. The average molecular weight is 834 g/mol. The molecule has 2 aliphatic carbocycles. The SMILES string of the molecule is COc1ccc2c(O[C@@H]3C[C@H]4C(=O)C[C@]5(C(=O)NS(=O)(=O)C6(CF)CC6)C[C@H]5/C=C\CC[C@@H](C)C[C@@H](C)[C@H](CC(=O)OC(C)(C)C(C)(F)F)C(=O)N4C3)nccc2c1. The van der Waals surface area contributed by atoms with E-state index < -0.39 is 105 Å². The van der Waals surface area contributed by atoms with Crippen LogP contribution < -0.4 is 14.2 Å². The molecule has 1 saturated heterocycles. The number of nitrogens with one attached hydrogen (secondary N) is 1. The summed E-state index contributed by atoms with van der Waals surface area (Å²) in [4.78, 5) is 62.7. The summed E-state index contributed by atoms with van der Waals surface area (Å²) < 4.78 is 86.6. The molecule has 318 valence electrons. The third kappa shape index (κ3) is 8.72. The van der Waals surface area contributed by atoms with Crippen LogP contribution in [-0.4, -0.2) is 90.6 Å². The van der Waals surface area contributed by atoms with E-state index in [-0.39, 0.29) is 44.0 Å². The summed E-state index contributed by atoms with van der Waals surface area (Å²) in [6.45, 7) is 5.41.